The molecule has 0 saturated carbocycles. The fraction of sp³-hybridized carbons (Fsp3) is 0.136. The van der Waals surface area contributed by atoms with Gasteiger partial charge in [0.05, 0.1) is 35.3 Å². The predicted octanol–water partition coefficient (Wildman–Crippen LogP) is 4.86. The third-order valence-corrected chi connectivity index (χ3v) is 6.02. The number of nitrogens with zero attached hydrogens (tertiary/aromatic N) is 2. The number of halogens is 1. The molecular formula is C22H18ClN2O4S-. The zero-order valence-electron chi connectivity index (χ0n) is 16.3. The second-order valence-corrected chi connectivity index (χ2v) is 8.00. The van der Waals surface area contributed by atoms with Gasteiger partial charge >= 0.3 is 5.97 Å². The zero-order valence-corrected chi connectivity index (χ0v) is 17.9. The third-order valence-electron chi connectivity index (χ3n) is 5.10. The second kappa shape index (κ2) is 8.10. The van der Waals surface area contributed by atoms with Crippen LogP contribution in [0.5, 0.6) is 0 Å². The summed E-state index contributed by atoms with van der Waals surface area (Å²) < 4.78 is 32.8. The largest absolute Gasteiger partial charge is 0.755 e. The first-order valence-electron chi connectivity index (χ1n) is 9.14. The number of methoxy groups -OCH3 is 1. The molecule has 1 atom stereocenters. The molecule has 0 N–H and O–H groups in total. The van der Waals surface area contributed by atoms with Crippen molar-refractivity contribution in [2.45, 2.75) is 13.5 Å². The maximum absolute atomic E-state index is 12.5. The highest BCUT2D eigenvalue weighted by Gasteiger charge is 2.24. The number of hydrogen-bond donors (Lipinski definition) is 0. The van der Waals surface area contributed by atoms with E-state index in [1.165, 1.54) is 11.4 Å². The van der Waals surface area contributed by atoms with Crippen molar-refractivity contribution in [1.29, 1.82) is 0 Å². The zero-order chi connectivity index (χ0) is 21.4. The maximum atomic E-state index is 12.5. The lowest BCUT2D eigenvalue weighted by Gasteiger charge is -2.28. The molecule has 1 heterocycles. The number of rotatable bonds is 5. The molecule has 0 amide bonds. The van der Waals surface area contributed by atoms with Gasteiger partial charge in [-0.1, -0.05) is 48.0 Å². The summed E-state index contributed by atoms with van der Waals surface area (Å²) in [4.78, 5) is 12.0. The van der Waals surface area contributed by atoms with Gasteiger partial charge < -0.3 is 13.9 Å². The molecule has 0 radical (unpaired) electrons. The Morgan fingerprint density at radius 1 is 1.13 bits per heavy atom. The number of benzene rings is 3. The van der Waals surface area contributed by atoms with E-state index < -0.39 is 17.2 Å². The Bertz CT molecular complexity index is 1300. The van der Waals surface area contributed by atoms with Crippen LogP contribution in [-0.2, 0) is 27.3 Å². The number of fused-ring (bicyclic) bond motifs is 2. The summed E-state index contributed by atoms with van der Waals surface area (Å²) in [6, 6.07) is 18.2. The molecule has 4 rings (SSSR count). The number of aromatic nitrogens is 1. The summed E-state index contributed by atoms with van der Waals surface area (Å²) in [6.07, 6.45) is 0. The van der Waals surface area contributed by atoms with Crippen molar-refractivity contribution >= 4 is 61.9 Å². The molecule has 0 aliphatic carbocycles. The summed E-state index contributed by atoms with van der Waals surface area (Å²) in [6.45, 7) is 1.73. The van der Waals surface area contributed by atoms with Crippen molar-refractivity contribution in [3.63, 3.8) is 0 Å². The first-order chi connectivity index (χ1) is 14.4. The van der Waals surface area contributed by atoms with Gasteiger partial charge in [-0.2, -0.15) is 0 Å². The lowest BCUT2D eigenvalue weighted by molar-refractivity contribution is -0.141. The van der Waals surface area contributed by atoms with Gasteiger partial charge in [0.1, 0.15) is 6.54 Å². The quantitative estimate of drug-likeness (QED) is 0.327. The minimum absolute atomic E-state index is 0.0463. The fourth-order valence-corrected chi connectivity index (χ4v) is 4.62. The summed E-state index contributed by atoms with van der Waals surface area (Å²) >= 11 is 3.61. The molecule has 154 valence electrons. The van der Waals surface area contributed by atoms with Crippen LogP contribution in [0, 0.1) is 6.92 Å². The minimum atomic E-state index is -2.62. The Labute approximate surface area is 181 Å². The molecule has 0 aliphatic rings. The molecule has 0 fully saturated rings. The maximum Gasteiger partial charge on any atom is 0.325 e. The summed E-state index contributed by atoms with van der Waals surface area (Å²) in [5.74, 6) is -0.434. The van der Waals surface area contributed by atoms with E-state index in [4.69, 9.17) is 16.3 Å². The highest BCUT2D eigenvalue weighted by molar-refractivity contribution is 7.81. The lowest BCUT2D eigenvalue weighted by atomic mass is 10.1. The second-order valence-electron chi connectivity index (χ2n) is 6.77. The van der Waals surface area contributed by atoms with Crippen molar-refractivity contribution < 1.29 is 18.3 Å². The molecule has 3 aromatic carbocycles. The average Bonchev–Trinajstić information content (AvgIpc) is 2.99. The molecule has 8 heteroatoms. The van der Waals surface area contributed by atoms with Crippen molar-refractivity contribution in [3.05, 3.63) is 71.4 Å². The van der Waals surface area contributed by atoms with Gasteiger partial charge in [0.25, 0.3) is 0 Å². The number of carbonyl (C=O) groups excluding carboxylic acids is 1. The van der Waals surface area contributed by atoms with Gasteiger partial charge in [0.2, 0.25) is 0 Å². The number of carbonyl (C=O) groups is 1. The molecule has 0 bridgehead atoms. The van der Waals surface area contributed by atoms with Gasteiger partial charge in [-0.25, -0.2) is 0 Å². The van der Waals surface area contributed by atoms with Gasteiger partial charge in [0.15, 0.2) is 0 Å². The van der Waals surface area contributed by atoms with E-state index in [-0.39, 0.29) is 6.54 Å². The Morgan fingerprint density at radius 3 is 2.60 bits per heavy atom. The van der Waals surface area contributed by atoms with E-state index >= 15 is 0 Å². The van der Waals surface area contributed by atoms with Crippen LogP contribution in [0.3, 0.4) is 0 Å². The van der Waals surface area contributed by atoms with E-state index in [0.717, 1.165) is 10.8 Å². The van der Waals surface area contributed by atoms with Crippen molar-refractivity contribution in [2.24, 2.45) is 0 Å². The number of hydrogen-bond acceptors (Lipinski definition) is 4. The van der Waals surface area contributed by atoms with Crippen molar-refractivity contribution in [1.82, 2.24) is 4.57 Å². The van der Waals surface area contributed by atoms with Crippen LogP contribution in [0.1, 0.15) is 5.69 Å². The van der Waals surface area contributed by atoms with E-state index in [2.05, 4.69) is 0 Å². The number of esters is 1. The number of anilines is 2. The smallest absolute Gasteiger partial charge is 0.325 e. The molecule has 0 saturated heterocycles. The Hall–Kier alpha value is -2.87. The van der Waals surface area contributed by atoms with Gasteiger partial charge in [-0.3, -0.25) is 13.3 Å². The fourth-order valence-electron chi connectivity index (χ4n) is 3.75. The minimum Gasteiger partial charge on any atom is -0.755 e. The first-order valence-corrected chi connectivity index (χ1v) is 10.6. The SMILES string of the molecule is COC(=O)Cn1c(C)c(N(c2cccc3ccccc23)S(=O)[O-])c2cc(Cl)ccc21. The Balaban J connectivity index is 2.04. The topological polar surface area (TPSA) is 74.6 Å². The third kappa shape index (κ3) is 3.45. The van der Waals surface area contributed by atoms with Crippen LogP contribution >= 0.6 is 11.6 Å². The van der Waals surface area contributed by atoms with Crippen molar-refractivity contribution in [3.8, 4) is 0 Å². The summed E-state index contributed by atoms with van der Waals surface area (Å²) in [7, 11) is 1.32. The standard InChI is InChI=1S/C22H19ClN2O4S/c1-14-22(18-12-16(23)10-11-19(18)24(14)13-21(26)29-2)25(30(27)28)20-9-5-7-15-6-3-4-8-17(15)20/h3-12H,13H2,1-2H3,(H,27,28)/p-1. The van der Waals surface area contributed by atoms with Gasteiger partial charge in [-0.05, 0) is 36.6 Å². The Morgan fingerprint density at radius 2 is 1.87 bits per heavy atom. The van der Waals surface area contributed by atoms with E-state index in [1.54, 1.807) is 35.8 Å². The van der Waals surface area contributed by atoms with E-state index in [1.807, 2.05) is 36.4 Å². The van der Waals surface area contributed by atoms with Crippen LogP contribution < -0.4 is 4.31 Å². The summed E-state index contributed by atoms with van der Waals surface area (Å²) in [5.41, 5.74) is 2.26. The van der Waals surface area contributed by atoms with Crippen LogP contribution in [0.15, 0.2) is 60.7 Å². The van der Waals surface area contributed by atoms with Crippen LogP contribution in [0.2, 0.25) is 5.02 Å². The molecule has 30 heavy (non-hydrogen) atoms. The highest BCUT2D eigenvalue weighted by atomic mass is 35.5. The van der Waals surface area contributed by atoms with Crippen molar-refractivity contribution in [2.75, 3.05) is 11.4 Å². The van der Waals surface area contributed by atoms with Crippen LogP contribution in [-0.4, -0.2) is 26.4 Å². The summed E-state index contributed by atoms with van der Waals surface area (Å²) in [5, 5.41) is 2.80. The highest BCUT2D eigenvalue weighted by Crippen LogP contribution is 2.41. The van der Waals surface area contributed by atoms with Gasteiger partial charge in [0, 0.05) is 21.5 Å². The van der Waals surface area contributed by atoms with Crippen LogP contribution in [0.25, 0.3) is 21.7 Å². The van der Waals surface area contributed by atoms with Gasteiger partial charge in [-0.15, -0.1) is 0 Å². The monoisotopic (exact) mass is 441 g/mol. The predicted molar refractivity (Wildman–Crippen MR) is 119 cm³/mol. The lowest BCUT2D eigenvalue weighted by Crippen LogP contribution is -2.21. The molecule has 0 spiro atoms. The molecule has 1 aromatic heterocycles. The molecule has 6 nitrogen and oxygen atoms in total. The van der Waals surface area contributed by atoms with Crippen LogP contribution in [0.4, 0.5) is 11.4 Å². The molecule has 0 aliphatic heterocycles. The Kier molecular flexibility index (Phi) is 5.51. The average molecular weight is 442 g/mol. The molecule has 1 unspecified atom stereocenters. The molecular weight excluding hydrogens is 424 g/mol. The van der Waals surface area contributed by atoms with E-state index in [9.17, 15) is 13.6 Å². The van der Waals surface area contributed by atoms with E-state index in [0.29, 0.717) is 33.0 Å². The molecule has 4 aromatic rings. The first kappa shape index (κ1) is 20.4. The normalized spacial score (nSPS) is 12.3. The number of ether oxygens (including phenoxy) is 1.